The molecular formula is C14H23NO3. The van der Waals surface area contributed by atoms with E-state index in [9.17, 15) is 9.90 Å². The van der Waals surface area contributed by atoms with Gasteiger partial charge in [-0.2, -0.15) is 0 Å². The van der Waals surface area contributed by atoms with Crippen molar-refractivity contribution in [3.8, 4) is 0 Å². The van der Waals surface area contributed by atoms with Crippen molar-refractivity contribution in [1.82, 2.24) is 5.16 Å². The number of unbranched alkanes of at least 4 members (excludes halogenated alkanes) is 3. The van der Waals surface area contributed by atoms with Crippen molar-refractivity contribution < 1.29 is 14.4 Å². The molecule has 102 valence electrons. The summed E-state index contributed by atoms with van der Waals surface area (Å²) >= 11 is 0. The summed E-state index contributed by atoms with van der Waals surface area (Å²) < 4.78 is 5.25. The molecule has 1 rings (SSSR count). The highest BCUT2D eigenvalue weighted by molar-refractivity contribution is 5.90. The van der Waals surface area contributed by atoms with Crippen LogP contribution in [0.3, 0.4) is 0 Å². The van der Waals surface area contributed by atoms with E-state index in [1.165, 1.54) is 6.42 Å². The second-order valence-electron chi connectivity index (χ2n) is 5.70. The van der Waals surface area contributed by atoms with Gasteiger partial charge in [-0.05, 0) is 12.8 Å². The smallest absolute Gasteiger partial charge is 0.341 e. The summed E-state index contributed by atoms with van der Waals surface area (Å²) in [5.74, 6) is -0.466. The molecule has 0 amide bonds. The maximum Gasteiger partial charge on any atom is 0.341 e. The third-order valence-corrected chi connectivity index (χ3v) is 2.92. The molecule has 4 heteroatoms. The highest BCUT2D eigenvalue weighted by atomic mass is 16.5. The van der Waals surface area contributed by atoms with Gasteiger partial charge in [-0.25, -0.2) is 4.79 Å². The fourth-order valence-electron chi connectivity index (χ4n) is 1.95. The Labute approximate surface area is 108 Å². The number of carboxylic acid groups (broad SMARTS) is 1. The van der Waals surface area contributed by atoms with E-state index in [2.05, 4.69) is 12.1 Å². The van der Waals surface area contributed by atoms with Crippen LogP contribution < -0.4 is 0 Å². The number of aromatic nitrogens is 1. The highest BCUT2D eigenvalue weighted by Gasteiger charge is 2.30. The summed E-state index contributed by atoms with van der Waals surface area (Å²) in [5, 5.41) is 13.2. The van der Waals surface area contributed by atoms with E-state index in [0.717, 1.165) is 19.3 Å². The molecule has 0 saturated carbocycles. The summed E-state index contributed by atoms with van der Waals surface area (Å²) in [6.07, 6.45) is 5.09. The van der Waals surface area contributed by atoms with Crippen LogP contribution in [0.25, 0.3) is 0 Å². The summed E-state index contributed by atoms with van der Waals surface area (Å²) in [6, 6.07) is 0. The Balaban J connectivity index is 2.86. The molecule has 0 saturated heterocycles. The Bertz CT molecular complexity index is 402. The monoisotopic (exact) mass is 253 g/mol. The molecule has 0 atom stereocenters. The summed E-state index contributed by atoms with van der Waals surface area (Å²) in [4.78, 5) is 11.3. The largest absolute Gasteiger partial charge is 0.477 e. The van der Waals surface area contributed by atoms with Gasteiger partial charge in [0.15, 0.2) is 5.76 Å². The molecule has 0 aromatic carbocycles. The Hall–Kier alpha value is -1.32. The number of nitrogens with zero attached hydrogens (tertiary/aromatic N) is 1. The average Bonchev–Trinajstić information content (AvgIpc) is 2.67. The second kappa shape index (κ2) is 6.03. The first-order chi connectivity index (χ1) is 8.38. The zero-order chi connectivity index (χ0) is 13.8. The minimum absolute atomic E-state index is 0.263. The number of carbonyl (C=O) groups is 1. The molecule has 1 aromatic rings. The molecule has 0 unspecified atom stereocenters. The van der Waals surface area contributed by atoms with Crippen molar-refractivity contribution in [2.45, 2.75) is 65.2 Å². The van der Waals surface area contributed by atoms with Crippen molar-refractivity contribution in [3.05, 3.63) is 17.0 Å². The van der Waals surface area contributed by atoms with Crippen LogP contribution in [0.1, 0.15) is 75.2 Å². The van der Waals surface area contributed by atoms with Crippen LogP contribution in [-0.2, 0) is 11.8 Å². The van der Waals surface area contributed by atoms with Crippen LogP contribution in [0.5, 0.6) is 0 Å². The molecule has 0 aliphatic carbocycles. The van der Waals surface area contributed by atoms with Crippen molar-refractivity contribution in [1.29, 1.82) is 0 Å². The number of hydrogen-bond acceptors (Lipinski definition) is 3. The number of aromatic carboxylic acids is 1. The van der Waals surface area contributed by atoms with Crippen LogP contribution in [0.4, 0.5) is 0 Å². The zero-order valence-corrected chi connectivity index (χ0v) is 11.7. The number of hydrogen-bond donors (Lipinski definition) is 1. The number of aryl methyl sites for hydroxylation is 1. The van der Waals surface area contributed by atoms with Crippen molar-refractivity contribution >= 4 is 5.97 Å². The number of rotatable bonds is 6. The van der Waals surface area contributed by atoms with Gasteiger partial charge in [0.25, 0.3) is 0 Å². The molecule has 1 aromatic heterocycles. The van der Waals surface area contributed by atoms with E-state index in [-0.39, 0.29) is 11.0 Å². The van der Waals surface area contributed by atoms with E-state index in [1.807, 2.05) is 20.8 Å². The van der Waals surface area contributed by atoms with Gasteiger partial charge in [0.1, 0.15) is 5.56 Å². The van der Waals surface area contributed by atoms with Gasteiger partial charge < -0.3 is 9.63 Å². The molecule has 0 aliphatic rings. The topological polar surface area (TPSA) is 63.3 Å². The standard InChI is InChI=1S/C14H23NO3/c1-5-6-7-8-9-10-11(13(16)17)12(18-15-10)14(2,3)4/h5-9H2,1-4H3,(H,16,17). The van der Waals surface area contributed by atoms with E-state index >= 15 is 0 Å². The Morgan fingerprint density at radius 3 is 2.44 bits per heavy atom. The maximum atomic E-state index is 11.3. The third-order valence-electron chi connectivity index (χ3n) is 2.92. The van der Waals surface area contributed by atoms with Crippen molar-refractivity contribution in [2.24, 2.45) is 0 Å². The molecule has 1 heterocycles. The van der Waals surface area contributed by atoms with Gasteiger partial charge in [-0.3, -0.25) is 0 Å². The zero-order valence-electron chi connectivity index (χ0n) is 11.7. The third kappa shape index (κ3) is 3.59. The summed E-state index contributed by atoms with van der Waals surface area (Å²) in [5.41, 5.74) is 0.519. The van der Waals surface area contributed by atoms with Gasteiger partial charge in [0, 0.05) is 5.41 Å². The molecule has 4 nitrogen and oxygen atoms in total. The molecule has 0 spiro atoms. The maximum absolute atomic E-state index is 11.3. The van der Waals surface area contributed by atoms with E-state index < -0.39 is 5.97 Å². The van der Waals surface area contributed by atoms with E-state index in [1.54, 1.807) is 0 Å². The van der Waals surface area contributed by atoms with Crippen LogP contribution in [0.2, 0.25) is 0 Å². The Morgan fingerprint density at radius 1 is 1.28 bits per heavy atom. The summed E-state index contributed by atoms with van der Waals surface area (Å²) in [6.45, 7) is 7.94. The Morgan fingerprint density at radius 2 is 1.94 bits per heavy atom. The predicted octanol–water partition coefficient (Wildman–Crippen LogP) is 3.79. The van der Waals surface area contributed by atoms with Gasteiger partial charge in [0.05, 0.1) is 5.69 Å². The lowest BCUT2D eigenvalue weighted by Gasteiger charge is -2.14. The second-order valence-corrected chi connectivity index (χ2v) is 5.70. The molecule has 0 radical (unpaired) electrons. The summed E-state index contributed by atoms with van der Waals surface area (Å²) in [7, 11) is 0. The quantitative estimate of drug-likeness (QED) is 0.783. The lowest BCUT2D eigenvalue weighted by atomic mass is 9.89. The molecular weight excluding hydrogens is 230 g/mol. The first-order valence-corrected chi connectivity index (χ1v) is 6.60. The SMILES string of the molecule is CCCCCCc1noc(C(C)(C)C)c1C(=O)O. The van der Waals surface area contributed by atoms with Gasteiger partial charge in [-0.15, -0.1) is 0 Å². The van der Waals surface area contributed by atoms with Crippen LogP contribution in [0, 0.1) is 0 Å². The minimum atomic E-state index is -0.938. The normalized spacial score (nSPS) is 11.8. The van der Waals surface area contributed by atoms with Crippen LogP contribution in [-0.4, -0.2) is 16.2 Å². The highest BCUT2D eigenvalue weighted by Crippen LogP contribution is 2.28. The Kier molecular flexibility index (Phi) is 4.93. The lowest BCUT2D eigenvalue weighted by molar-refractivity contribution is 0.0691. The first kappa shape index (κ1) is 14.7. The molecule has 0 fully saturated rings. The fraction of sp³-hybridized carbons (Fsp3) is 0.714. The lowest BCUT2D eigenvalue weighted by Crippen LogP contribution is -2.15. The molecule has 0 bridgehead atoms. The van der Waals surface area contributed by atoms with E-state index in [0.29, 0.717) is 17.9 Å². The average molecular weight is 253 g/mol. The molecule has 0 aliphatic heterocycles. The van der Waals surface area contributed by atoms with Crippen molar-refractivity contribution in [3.63, 3.8) is 0 Å². The first-order valence-electron chi connectivity index (χ1n) is 6.60. The predicted molar refractivity (Wildman–Crippen MR) is 70.0 cm³/mol. The van der Waals surface area contributed by atoms with Crippen LogP contribution >= 0.6 is 0 Å². The van der Waals surface area contributed by atoms with Crippen LogP contribution in [0.15, 0.2) is 4.52 Å². The molecule has 1 N–H and O–H groups in total. The fourth-order valence-corrected chi connectivity index (χ4v) is 1.95. The minimum Gasteiger partial charge on any atom is -0.477 e. The van der Waals surface area contributed by atoms with Gasteiger partial charge in [-0.1, -0.05) is 52.1 Å². The van der Waals surface area contributed by atoms with Gasteiger partial charge in [0.2, 0.25) is 0 Å². The van der Waals surface area contributed by atoms with E-state index in [4.69, 9.17) is 4.52 Å². The molecule has 18 heavy (non-hydrogen) atoms. The van der Waals surface area contributed by atoms with Crippen molar-refractivity contribution in [2.75, 3.05) is 0 Å². The van der Waals surface area contributed by atoms with Gasteiger partial charge >= 0.3 is 5.97 Å². The number of carboxylic acids is 1.